The fourth-order valence-electron chi connectivity index (χ4n) is 4.14. The fraction of sp³-hybridized carbons (Fsp3) is 0.172. The number of aromatic hydroxyl groups is 1. The molecule has 4 rings (SSSR count). The van der Waals surface area contributed by atoms with E-state index < -0.39 is 0 Å². The molecule has 39 heavy (non-hydrogen) atoms. The van der Waals surface area contributed by atoms with Crippen molar-refractivity contribution in [2.45, 2.75) is 0 Å². The van der Waals surface area contributed by atoms with Crippen LogP contribution in [-0.4, -0.2) is 56.0 Å². The van der Waals surface area contributed by atoms with Gasteiger partial charge in [-0.1, -0.05) is 18.2 Å². The number of aromatic nitrogens is 2. The van der Waals surface area contributed by atoms with Gasteiger partial charge in [-0.2, -0.15) is 0 Å². The van der Waals surface area contributed by atoms with E-state index in [0.717, 1.165) is 0 Å². The highest BCUT2D eigenvalue weighted by Gasteiger charge is 2.18. The number of allylic oxidation sites excluding steroid dienone is 1. The minimum absolute atomic E-state index is 0.129. The number of phenolic OH excluding ortho intramolecular Hbond substituents is 1. The molecule has 0 amide bonds. The summed E-state index contributed by atoms with van der Waals surface area (Å²) in [5.41, 5.74) is 2.22. The average Bonchev–Trinajstić information content (AvgIpc) is 3.36. The molecule has 4 aromatic rings. The molecule has 0 bridgehead atoms. The molecule has 0 spiro atoms. The summed E-state index contributed by atoms with van der Waals surface area (Å²) in [5.74, 6) is 1.31. The quantitative estimate of drug-likeness (QED) is 0.227. The number of carbonyl (C=O) groups excluding carboxylic acids is 1. The number of hydrogen-bond donors (Lipinski definition) is 2. The van der Waals surface area contributed by atoms with Crippen LogP contribution < -0.4 is 29.4 Å². The van der Waals surface area contributed by atoms with Crippen molar-refractivity contribution >= 4 is 11.9 Å². The summed E-state index contributed by atoms with van der Waals surface area (Å²) in [6.07, 6.45) is 4.55. The van der Waals surface area contributed by atoms with Crippen LogP contribution in [0.4, 0.5) is 0 Å². The number of phenols is 1. The molecule has 1 heterocycles. The summed E-state index contributed by atoms with van der Waals surface area (Å²) in [7, 11) is 7.39. The first-order valence-electron chi connectivity index (χ1n) is 11.7. The predicted molar refractivity (Wildman–Crippen MR) is 146 cm³/mol. The van der Waals surface area contributed by atoms with E-state index in [4.69, 9.17) is 23.7 Å². The van der Waals surface area contributed by atoms with Crippen molar-refractivity contribution in [3.63, 3.8) is 0 Å². The SMILES string of the molecule is COc1cc(C=CC(=O)c2cccc(-n3c(-c4cc(OC)c(OC)c(OC)c4)c[nH]c3=O)c2)cc(OC)c1O. The average molecular weight is 533 g/mol. The van der Waals surface area contributed by atoms with E-state index in [0.29, 0.717) is 45.3 Å². The van der Waals surface area contributed by atoms with Crippen LogP contribution in [0, 0.1) is 0 Å². The first-order chi connectivity index (χ1) is 18.8. The number of nitrogens with zero attached hydrogens (tertiary/aromatic N) is 1. The van der Waals surface area contributed by atoms with Gasteiger partial charge in [0.15, 0.2) is 28.8 Å². The van der Waals surface area contributed by atoms with Gasteiger partial charge in [0.1, 0.15) is 0 Å². The van der Waals surface area contributed by atoms with Gasteiger partial charge in [0.25, 0.3) is 0 Å². The van der Waals surface area contributed by atoms with Crippen molar-refractivity contribution in [3.8, 4) is 51.4 Å². The Balaban J connectivity index is 1.71. The van der Waals surface area contributed by atoms with E-state index in [-0.39, 0.29) is 28.7 Å². The zero-order valence-corrected chi connectivity index (χ0v) is 22.1. The number of methoxy groups -OCH3 is 5. The summed E-state index contributed by atoms with van der Waals surface area (Å²) in [4.78, 5) is 28.6. The fourth-order valence-corrected chi connectivity index (χ4v) is 4.14. The number of aromatic amines is 1. The van der Waals surface area contributed by atoms with E-state index in [9.17, 15) is 14.7 Å². The lowest BCUT2D eigenvalue weighted by molar-refractivity contribution is 0.104. The van der Waals surface area contributed by atoms with Gasteiger partial charge in [-0.15, -0.1) is 0 Å². The van der Waals surface area contributed by atoms with Gasteiger partial charge >= 0.3 is 5.69 Å². The van der Waals surface area contributed by atoms with Crippen LogP contribution >= 0.6 is 0 Å². The highest BCUT2D eigenvalue weighted by molar-refractivity contribution is 6.07. The maximum absolute atomic E-state index is 13.1. The van der Waals surface area contributed by atoms with Gasteiger partial charge < -0.3 is 33.8 Å². The third-order valence-electron chi connectivity index (χ3n) is 6.06. The number of imidazole rings is 1. The van der Waals surface area contributed by atoms with E-state index in [1.54, 1.807) is 60.8 Å². The van der Waals surface area contributed by atoms with Crippen molar-refractivity contribution in [2.75, 3.05) is 35.5 Å². The molecule has 0 aliphatic carbocycles. The zero-order chi connectivity index (χ0) is 28.1. The second-order valence-corrected chi connectivity index (χ2v) is 8.25. The van der Waals surface area contributed by atoms with E-state index >= 15 is 0 Å². The van der Waals surface area contributed by atoms with Crippen molar-refractivity contribution in [1.82, 2.24) is 9.55 Å². The Kier molecular flexibility index (Phi) is 7.95. The number of nitrogens with one attached hydrogen (secondary N) is 1. The molecule has 0 atom stereocenters. The monoisotopic (exact) mass is 532 g/mol. The molecule has 0 fully saturated rings. The molecule has 0 saturated carbocycles. The van der Waals surface area contributed by atoms with Crippen molar-refractivity contribution < 1.29 is 33.6 Å². The lowest BCUT2D eigenvalue weighted by Gasteiger charge is -2.15. The minimum atomic E-state index is -0.387. The number of H-pyrrole nitrogens is 1. The smallest absolute Gasteiger partial charge is 0.330 e. The molecule has 3 aromatic carbocycles. The van der Waals surface area contributed by atoms with Gasteiger partial charge in [0.2, 0.25) is 11.5 Å². The third-order valence-corrected chi connectivity index (χ3v) is 6.06. The summed E-state index contributed by atoms with van der Waals surface area (Å²) in [6.45, 7) is 0. The summed E-state index contributed by atoms with van der Waals surface area (Å²) in [6, 6.07) is 13.3. The number of rotatable bonds is 10. The number of ketones is 1. The van der Waals surface area contributed by atoms with Crippen LogP contribution in [0.3, 0.4) is 0 Å². The van der Waals surface area contributed by atoms with Gasteiger partial charge in [0.05, 0.1) is 46.9 Å². The van der Waals surface area contributed by atoms with Crippen LogP contribution in [0.15, 0.2) is 65.6 Å². The van der Waals surface area contributed by atoms with Gasteiger partial charge in [0, 0.05) is 17.3 Å². The third kappa shape index (κ3) is 5.30. The Hall–Kier alpha value is -5.12. The minimum Gasteiger partial charge on any atom is -0.502 e. The zero-order valence-electron chi connectivity index (χ0n) is 22.1. The van der Waals surface area contributed by atoms with Crippen LogP contribution in [0.2, 0.25) is 0 Å². The van der Waals surface area contributed by atoms with Crippen LogP contribution in [0.25, 0.3) is 23.0 Å². The molecule has 0 aliphatic heterocycles. The second kappa shape index (κ2) is 11.5. The van der Waals surface area contributed by atoms with Crippen molar-refractivity contribution in [2.24, 2.45) is 0 Å². The Bertz CT molecular complexity index is 1550. The molecule has 10 nitrogen and oxygen atoms in total. The number of ether oxygens (including phenoxy) is 5. The Labute approximate surface area is 224 Å². The van der Waals surface area contributed by atoms with Crippen LogP contribution in [0.1, 0.15) is 15.9 Å². The number of benzene rings is 3. The standard InChI is InChI=1S/C29H28N2O8/c1-35-23-11-17(12-24(36-2)27(23)33)9-10-22(32)18-7-6-8-20(13-18)31-21(16-30-29(31)34)19-14-25(37-3)28(39-5)26(15-19)38-4/h6-16,33H,1-5H3,(H,30,34). The molecule has 0 saturated heterocycles. The molecule has 0 aliphatic rings. The Morgan fingerprint density at radius 3 is 2.03 bits per heavy atom. The van der Waals surface area contributed by atoms with Gasteiger partial charge in [-0.05, 0) is 48.0 Å². The van der Waals surface area contributed by atoms with E-state index in [1.165, 1.54) is 46.2 Å². The maximum atomic E-state index is 13.1. The largest absolute Gasteiger partial charge is 0.502 e. The highest BCUT2D eigenvalue weighted by atomic mass is 16.5. The molecule has 0 radical (unpaired) electrons. The predicted octanol–water partition coefficient (Wildman–Crippen LogP) is 4.48. The molecule has 0 unspecified atom stereocenters. The van der Waals surface area contributed by atoms with Crippen LogP contribution in [0.5, 0.6) is 34.5 Å². The molecule has 10 heteroatoms. The lowest BCUT2D eigenvalue weighted by atomic mass is 10.1. The lowest BCUT2D eigenvalue weighted by Crippen LogP contribution is -2.16. The molecule has 202 valence electrons. The van der Waals surface area contributed by atoms with Crippen molar-refractivity contribution in [3.05, 3.63) is 82.4 Å². The van der Waals surface area contributed by atoms with E-state index in [2.05, 4.69) is 4.98 Å². The van der Waals surface area contributed by atoms with Gasteiger partial charge in [-0.25, -0.2) is 4.79 Å². The highest BCUT2D eigenvalue weighted by Crippen LogP contribution is 2.41. The molecule has 2 N–H and O–H groups in total. The topological polar surface area (TPSA) is 121 Å². The summed E-state index contributed by atoms with van der Waals surface area (Å²) >= 11 is 0. The van der Waals surface area contributed by atoms with E-state index in [1.807, 2.05) is 0 Å². The van der Waals surface area contributed by atoms with Gasteiger partial charge in [-0.3, -0.25) is 9.36 Å². The number of carbonyl (C=O) groups is 1. The second-order valence-electron chi connectivity index (χ2n) is 8.25. The summed E-state index contributed by atoms with van der Waals surface area (Å²) < 4.78 is 28.1. The molecular weight excluding hydrogens is 504 g/mol. The molecular formula is C29H28N2O8. The molecule has 1 aromatic heterocycles. The van der Waals surface area contributed by atoms with Crippen molar-refractivity contribution in [1.29, 1.82) is 0 Å². The summed E-state index contributed by atoms with van der Waals surface area (Å²) in [5, 5.41) is 10.1. The first kappa shape index (κ1) is 26.9. The van der Waals surface area contributed by atoms with Crippen LogP contribution in [-0.2, 0) is 0 Å². The Morgan fingerprint density at radius 2 is 1.46 bits per heavy atom. The maximum Gasteiger partial charge on any atom is 0.330 e. The first-order valence-corrected chi connectivity index (χ1v) is 11.7. The normalized spacial score (nSPS) is 10.9. The Morgan fingerprint density at radius 1 is 0.846 bits per heavy atom. The number of hydrogen-bond acceptors (Lipinski definition) is 8.